The van der Waals surface area contributed by atoms with Crippen molar-refractivity contribution in [1.82, 2.24) is 5.32 Å². The molecule has 0 saturated carbocycles. The first-order chi connectivity index (χ1) is 15.6. The lowest BCUT2D eigenvalue weighted by Crippen LogP contribution is -2.24. The van der Waals surface area contributed by atoms with Crippen LogP contribution in [0.1, 0.15) is 57.5 Å². The molecule has 0 aliphatic heterocycles. The van der Waals surface area contributed by atoms with Gasteiger partial charge in [0.25, 0.3) is 11.1 Å². The molecule has 0 radical (unpaired) electrons. The van der Waals surface area contributed by atoms with Crippen molar-refractivity contribution in [3.63, 3.8) is 0 Å². The van der Waals surface area contributed by atoms with Crippen molar-refractivity contribution < 1.29 is 29.4 Å². The van der Waals surface area contributed by atoms with Gasteiger partial charge in [0, 0.05) is 30.5 Å². The molecule has 0 aliphatic rings. The number of rotatable bonds is 9. The maximum Gasteiger partial charge on any atom is 0.303 e. The number of hydrogen-bond acceptors (Lipinski definition) is 5. The number of benzene rings is 2. The minimum absolute atomic E-state index is 0.0776. The Morgan fingerprint density at radius 1 is 0.788 bits per heavy atom. The number of aryl methyl sites for hydroxylation is 2. The molecule has 0 fully saturated rings. The molecule has 2 aromatic rings. The molecule has 180 valence electrons. The SMILES string of the molecule is Cc1ccc(C(=O)Cl)cc1.Cc1ccc(C(=O)NCCCC(=O)O)cc1.NCCCC(=O)O. The largest absolute Gasteiger partial charge is 0.481 e. The molecule has 5 N–H and O–H groups in total. The smallest absolute Gasteiger partial charge is 0.303 e. The summed E-state index contributed by atoms with van der Waals surface area (Å²) in [5.74, 6) is -1.78. The van der Waals surface area contributed by atoms with Crippen molar-refractivity contribution in [1.29, 1.82) is 0 Å². The summed E-state index contributed by atoms with van der Waals surface area (Å²) in [4.78, 5) is 42.0. The van der Waals surface area contributed by atoms with Gasteiger partial charge in [-0.15, -0.1) is 0 Å². The van der Waals surface area contributed by atoms with Gasteiger partial charge < -0.3 is 21.3 Å². The van der Waals surface area contributed by atoms with Crippen LogP contribution in [-0.4, -0.2) is 46.4 Å². The van der Waals surface area contributed by atoms with Crippen LogP contribution in [0.3, 0.4) is 0 Å². The lowest BCUT2D eigenvalue weighted by molar-refractivity contribution is -0.138. The third-order valence-corrected chi connectivity index (χ3v) is 4.26. The summed E-state index contributed by atoms with van der Waals surface area (Å²) in [6, 6.07) is 14.4. The summed E-state index contributed by atoms with van der Waals surface area (Å²) in [6.45, 7) is 4.77. The van der Waals surface area contributed by atoms with Gasteiger partial charge in [-0.3, -0.25) is 19.2 Å². The molecule has 33 heavy (non-hydrogen) atoms. The maximum atomic E-state index is 11.5. The Morgan fingerprint density at radius 2 is 1.21 bits per heavy atom. The average Bonchev–Trinajstić information content (AvgIpc) is 2.76. The number of aliphatic carboxylic acids is 2. The molecule has 2 aromatic carbocycles. The third-order valence-electron chi connectivity index (χ3n) is 4.04. The number of carbonyl (C=O) groups is 4. The summed E-state index contributed by atoms with van der Waals surface area (Å²) in [5.41, 5.74) is 8.39. The highest BCUT2D eigenvalue weighted by Crippen LogP contribution is 2.05. The van der Waals surface area contributed by atoms with Crippen LogP contribution in [0.2, 0.25) is 0 Å². The predicted octanol–water partition coefficient (Wildman–Crippen LogP) is 3.77. The van der Waals surface area contributed by atoms with E-state index < -0.39 is 17.2 Å². The lowest BCUT2D eigenvalue weighted by Gasteiger charge is -2.04. The molecule has 0 saturated heterocycles. The second-order valence-corrected chi connectivity index (χ2v) is 7.39. The van der Waals surface area contributed by atoms with Gasteiger partial charge >= 0.3 is 11.9 Å². The number of hydrogen-bond donors (Lipinski definition) is 4. The Balaban J connectivity index is 0.000000514. The molecule has 0 bridgehead atoms. The van der Waals surface area contributed by atoms with Crippen LogP contribution in [0, 0.1) is 13.8 Å². The van der Waals surface area contributed by atoms with E-state index in [0.717, 1.165) is 11.1 Å². The van der Waals surface area contributed by atoms with Gasteiger partial charge in [-0.1, -0.05) is 35.4 Å². The molecule has 0 atom stereocenters. The Hall–Kier alpha value is -3.23. The molecular formula is C24H31ClN2O6. The van der Waals surface area contributed by atoms with Crippen molar-refractivity contribution in [3.05, 3.63) is 70.8 Å². The fourth-order valence-corrected chi connectivity index (χ4v) is 2.31. The van der Waals surface area contributed by atoms with Crippen LogP contribution in [0.25, 0.3) is 0 Å². The van der Waals surface area contributed by atoms with E-state index in [1.807, 2.05) is 38.1 Å². The summed E-state index contributed by atoms with van der Waals surface area (Å²) in [5, 5.41) is 18.7. The van der Waals surface area contributed by atoms with E-state index in [4.69, 9.17) is 27.5 Å². The van der Waals surface area contributed by atoms with E-state index in [-0.39, 0.29) is 18.7 Å². The Bertz CT molecular complexity index is 883. The first kappa shape index (κ1) is 29.8. The number of carboxylic acid groups (broad SMARTS) is 2. The Morgan fingerprint density at radius 3 is 1.58 bits per heavy atom. The van der Waals surface area contributed by atoms with Crippen molar-refractivity contribution in [2.24, 2.45) is 5.73 Å². The second kappa shape index (κ2) is 17.3. The Kier molecular flexibility index (Phi) is 15.6. The summed E-state index contributed by atoms with van der Waals surface area (Å²) < 4.78 is 0. The number of nitrogens with one attached hydrogen (secondary N) is 1. The molecule has 0 unspecified atom stereocenters. The van der Waals surface area contributed by atoms with Crippen LogP contribution in [-0.2, 0) is 9.59 Å². The standard InChI is InChI=1S/C12H15NO3.C8H7ClO.C4H9NO2/c1-9-4-6-10(7-5-9)12(16)13-8-2-3-11(14)15;1-6-2-4-7(5-3-6)8(9)10;5-3-1-2-4(6)7/h4-7H,2-3,8H2,1H3,(H,13,16)(H,14,15);2-5H,1H3;1-3,5H2,(H,6,7). The molecule has 9 heteroatoms. The van der Waals surface area contributed by atoms with Gasteiger partial charge in [-0.2, -0.15) is 0 Å². The van der Waals surface area contributed by atoms with Gasteiger partial charge in [0.1, 0.15) is 0 Å². The quantitative estimate of drug-likeness (QED) is 0.316. The molecule has 0 spiro atoms. The van der Waals surface area contributed by atoms with E-state index in [9.17, 15) is 19.2 Å². The number of carbonyl (C=O) groups excluding carboxylic acids is 2. The second-order valence-electron chi connectivity index (χ2n) is 7.04. The normalized spacial score (nSPS) is 9.45. The van der Waals surface area contributed by atoms with Crippen molar-refractivity contribution >= 4 is 34.7 Å². The van der Waals surface area contributed by atoms with Gasteiger partial charge in [-0.05, 0) is 69.1 Å². The monoisotopic (exact) mass is 478 g/mol. The number of amides is 1. The summed E-state index contributed by atoms with van der Waals surface area (Å²) in [7, 11) is 0. The van der Waals surface area contributed by atoms with Crippen LogP contribution < -0.4 is 11.1 Å². The van der Waals surface area contributed by atoms with Crippen molar-refractivity contribution in [2.45, 2.75) is 39.5 Å². The average molecular weight is 479 g/mol. The van der Waals surface area contributed by atoms with Gasteiger partial charge in [0.05, 0.1) is 0 Å². The van der Waals surface area contributed by atoms with Gasteiger partial charge in [-0.25, -0.2) is 0 Å². The molecular weight excluding hydrogens is 448 g/mol. The van der Waals surface area contributed by atoms with Crippen molar-refractivity contribution in [2.75, 3.05) is 13.1 Å². The van der Waals surface area contributed by atoms with Crippen LogP contribution >= 0.6 is 11.6 Å². The van der Waals surface area contributed by atoms with E-state index in [0.29, 0.717) is 37.1 Å². The minimum atomic E-state index is -0.843. The van der Waals surface area contributed by atoms with Gasteiger partial charge in [0.15, 0.2) is 0 Å². The van der Waals surface area contributed by atoms with Crippen molar-refractivity contribution in [3.8, 4) is 0 Å². The number of carboxylic acids is 2. The lowest BCUT2D eigenvalue weighted by atomic mass is 10.1. The zero-order valence-corrected chi connectivity index (χ0v) is 19.6. The minimum Gasteiger partial charge on any atom is -0.481 e. The first-order valence-corrected chi connectivity index (χ1v) is 10.7. The number of halogens is 1. The molecule has 0 aliphatic carbocycles. The molecule has 2 rings (SSSR count). The first-order valence-electron chi connectivity index (χ1n) is 10.3. The van der Waals surface area contributed by atoms with E-state index in [1.165, 1.54) is 0 Å². The van der Waals surface area contributed by atoms with Crippen LogP contribution in [0.5, 0.6) is 0 Å². The third kappa shape index (κ3) is 16.1. The van der Waals surface area contributed by atoms with Crippen LogP contribution in [0.15, 0.2) is 48.5 Å². The molecule has 1 amide bonds. The summed E-state index contributed by atoms with van der Waals surface area (Å²) >= 11 is 5.22. The predicted molar refractivity (Wildman–Crippen MR) is 128 cm³/mol. The fraction of sp³-hybridized carbons (Fsp3) is 0.333. The highest BCUT2D eigenvalue weighted by molar-refractivity contribution is 6.67. The van der Waals surface area contributed by atoms with E-state index in [2.05, 4.69) is 5.32 Å². The van der Waals surface area contributed by atoms with Gasteiger partial charge in [0.2, 0.25) is 0 Å². The molecule has 8 nitrogen and oxygen atoms in total. The van der Waals surface area contributed by atoms with E-state index >= 15 is 0 Å². The van der Waals surface area contributed by atoms with Crippen LogP contribution in [0.4, 0.5) is 0 Å². The molecule has 0 aromatic heterocycles. The number of nitrogens with two attached hydrogens (primary N) is 1. The fourth-order valence-electron chi connectivity index (χ4n) is 2.19. The topological polar surface area (TPSA) is 147 Å². The highest BCUT2D eigenvalue weighted by atomic mass is 35.5. The molecule has 0 heterocycles. The highest BCUT2D eigenvalue weighted by Gasteiger charge is 2.04. The zero-order valence-electron chi connectivity index (χ0n) is 18.8. The van der Waals surface area contributed by atoms with E-state index in [1.54, 1.807) is 24.3 Å². The maximum absolute atomic E-state index is 11.5. The summed E-state index contributed by atoms with van der Waals surface area (Å²) in [6.07, 6.45) is 1.30. The Labute approximate surface area is 198 Å². The zero-order chi connectivity index (χ0) is 25.2.